The molecule has 4 aromatic carbocycles. The Kier molecular flexibility index (Phi) is 10.5. The second-order valence-electron chi connectivity index (χ2n) is 9.43. The van der Waals surface area contributed by atoms with E-state index >= 15 is 0 Å². The fourth-order valence-corrected chi connectivity index (χ4v) is 5.46. The van der Waals surface area contributed by atoms with Crippen molar-refractivity contribution in [2.45, 2.75) is 17.2 Å². The summed E-state index contributed by atoms with van der Waals surface area (Å²) in [5, 5.41) is 9.84. The average molecular weight is 598 g/mol. The summed E-state index contributed by atoms with van der Waals surface area (Å²) in [7, 11) is -2.46. The van der Waals surface area contributed by atoms with Crippen molar-refractivity contribution in [1.29, 1.82) is 0 Å². The molecule has 0 aliphatic carbocycles. The predicted octanol–water partition coefficient (Wildman–Crippen LogP) is 6.64. The first kappa shape index (κ1) is 30.8. The van der Waals surface area contributed by atoms with Gasteiger partial charge in [-0.2, -0.15) is 0 Å². The van der Waals surface area contributed by atoms with E-state index in [4.69, 9.17) is 4.74 Å². The predicted molar refractivity (Wildman–Crippen MR) is 166 cm³/mol. The zero-order valence-electron chi connectivity index (χ0n) is 23.4. The number of aromatic carboxylic acids is 1. The van der Waals surface area contributed by atoms with Crippen molar-refractivity contribution in [1.82, 2.24) is 0 Å². The molecule has 0 aromatic heterocycles. The maximum Gasteiger partial charge on any atom is 0.335 e. The number of hydrogen-bond donors (Lipinski definition) is 2. The largest absolute Gasteiger partial charge is 0.493 e. The van der Waals surface area contributed by atoms with E-state index in [-0.39, 0.29) is 23.0 Å². The van der Waals surface area contributed by atoms with Crippen LogP contribution < -0.4 is 9.46 Å². The van der Waals surface area contributed by atoms with Crippen LogP contribution in [0.1, 0.15) is 39.4 Å². The molecule has 1 atom stereocenters. The van der Waals surface area contributed by atoms with Gasteiger partial charge in [0.25, 0.3) is 10.0 Å². The molecule has 0 saturated carbocycles. The number of anilines is 1. The molecule has 220 valence electrons. The Bertz CT molecular complexity index is 1730. The molecule has 4 rings (SSSR count). The summed E-state index contributed by atoms with van der Waals surface area (Å²) in [6.45, 7) is 0.253. The van der Waals surface area contributed by atoms with Gasteiger partial charge in [-0.05, 0) is 60.0 Å². The summed E-state index contributed by atoms with van der Waals surface area (Å²) in [6.07, 6.45) is 7.08. The second kappa shape index (κ2) is 14.7. The number of benzene rings is 4. The smallest absolute Gasteiger partial charge is 0.335 e. The molecule has 2 N–H and O–H groups in total. The Labute approximate surface area is 251 Å². The van der Waals surface area contributed by atoms with E-state index in [1.165, 1.54) is 25.3 Å². The number of para-hydroxylation sites is 1. The summed E-state index contributed by atoms with van der Waals surface area (Å²) in [5.74, 6) is -1.29. The number of carboxylic acids is 1. The highest BCUT2D eigenvalue weighted by atomic mass is 32.2. The maximum atomic E-state index is 12.8. The summed E-state index contributed by atoms with van der Waals surface area (Å²) >= 11 is 0. The third-order valence-electron chi connectivity index (χ3n) is 6.51. The molecule has 0 fully saturated rings. The van der Waals surface area contributed by atoms with Crippen molar-refractivity contribution in [3.05, 3.63) is 138 Å². The number of hydrogen-bond acceptors (Lipinski definition) is 6. The molecule has 0 amide bonds. The van der Waals surface area contributed by atoms with E-state index in [9.17, 15) is 23.1 Å². The molecule has 0 radical (unpaired) electrons. The molecule has 9 heteroatoms. The van der Waals surface area contributed by atoms with Crippen LogP contribution in [0, 0.1) is 0 Å². The third kappa shape index (κ3) is 8.67. The Hall–Kier alpha value is -5.15. The van der Waals surface area contributed by atoms with Crippen molar-refractivity contribution >= 4 is 39.8 Å². The Morgan fingerprint density at radius 3 is 2.37 bits per heavy atom. The van der Waals surface area contributed by atoms with Gasteiger partial charge in [0.05, 0.1) is 24.2 Å². The number of nitrogens with one attached hydrogen (secondary N) is 1. The van der Waals surface area contributed by atoms with Gasteiger partial charge in [0.1, 0.15) is 5.75 Å². The van der Waals surface area contributed by atoms with E-state index < -0.39 is 22.0 Å². The summed E-state index contributed by atoms with van der Waals surface area (Å²) in [4.78, 5) is 23.7. The quantitative estimate of drug-likeness (QED) is 0.131. The summed E-state index contributed by atoms with van der Waals surface area (Å²) in [5.41, 5.74) is 2.62. The number of methoxy groups -OCH3 is 1. The minimum absolute atomic E-state index is 0.156. The van der Waals surface area contributed by atoms with E-state index in [1.54, 1.807) is 72.8 Å². The molecular weight excluding hydrogens is 566 g/mol. The highest BCUT2D eigenvalue weighted by Gasteiger charge is 2.18. The maximum absolute atomic E-state index is 12.8. The molecule has 0 saturated heterocycles. The molecule has 4 aromatic rings. The highest BCUT2D eigenvalue weighted by Crippen LogP contribution is 2.28. The first-order chi connectivity index (χ1) is 20.8. The second-order valence-corrected chi connectivity index (χ2v) is 11.1. The van der Waals surface area contributed by atoms with Crippen LogP contribution in [0.5, 0.6) is 5.75 Å². The topological polar surface area (TPSA) is 119 Å². The van der Waals surface area contributed by atoms with Crippen molar-refractivity contribution in [2.24, 2.45) is 0 Å². The van der Waals surface area contributed by atoms with Gasteiger partial charge < -0.3 is 14.6 Å². The number of allylic oxidation sites excluding steroid dienone is 1. The van der Waals surface area contributed by atoms with Crippen LogP contribution in [0.15, 0.2) is 120 Å². The van der Waals surface area contributed by atoms with Crippen molar-refractivity contribution < 1.29 is 32.6 Å². The van der Waals surface area contributed by atoms with Gasteiger partial charge in [-0.1, -0.05) is 78.9 Å². The Morgan fingerprint density at radius 1 is 0.884 bits per heavy atom. The lowest BCUT2D eigenvalue weighted by molar-refractivity contribution is -0.134. The number of rotatable bonds is 13. The van der Waals surface area contributed by atoms with Crippen LogP contribution in [-0.2, 0) is 19.6 Å². The molecule has 0 heterocycles. The zero-order valence-corrected chi connectivity index (χ0v) is 24.2. The Balaban J connectivity index is 1.56. The fourth-order valence-electron chi connectivity index (χ4n) is 4.39. The molecule has 0 aliphatic heterocycles. The first-order valence-corrected chi connectivity index (χ1v) is 14.9. The lowest BCUT2D eigenvalue weighted by Gasteiger charge is -2.17. The van der Waals surface area contributed by atoms with Gasteiger partial charge in [-0.3, -0.25) is 4.72 Å². The number of carbonyl (C=O) groups is 2. The average Bonchev–Trinajstić information content (AvgIpc) is 3.02. The Morgan fingerprint density at radius 2 is 1.60 bits per heavy atom. The standard InChI is InChI=1S/C34H31NO7S/c1-41-33(36)21-20-27-11-5-8-17-32(27)42-23-22-26(30-15-6-7-16-31(30)34(37)38)19-18-25-10-9-12-28(24-25)35-43(39,40)29-13-3-2-4-14-29/h2-21,24,26,35H,22-23H2,1H3,(H,37,38)/b19-18+,21-20+. The van der Waals surface area contributed by atoms with E-state index in [0.717, 1.165) is 5.56 Å². The van der Waals surface area contributed by atoms with Gasteiger partial charge in [0.2, 0.25) is 0 Å². The monoisotopic (exact) mass is 597 g/mol. The summed E-state index contributed by atoms with van der Waals surface area (Å²) < 4.78 is 38.9. The molecule has 8 nitrogen and oxygen atoms in total. The van der Waals surface area contributed by atoms with Crippen LogP contribution in [0.3, 0.4) is 0 Å². The number of ether oxygens (including phenoxy) is 2. The normalized spacial score (nSPS) is 12.2. The van der Waals surface area contributed by atoms with Gasteiger partial charge >= 0.3 is 11.9 Å². The van der Waals surface area contributed by atoms with Gasteiger partial charge in [0.15, 0.2) is 0 Å². The number of esters is 1. The summed E-state index contributed by atoms with van der Waals surface area (Å²) in [6, 6.07) is 29.1. The number of carboxylic acid groups (broad SMARTS) is 1. The minimum Gasteiger partial charge on any atom is -0.493 e. The van der Waals surface area contributed by atoms with Crippen LogP contribution in [-0.4, -0.2) is 39.2 Å². The van der Waals surface area contributed by atoms with Gasteiger partial charge in [-0.15, -0.1) is 0 Å². The van der Waals surface area contributed by atoms with Gasteiger partial charge in [0, 0.05) is 23.2 Å². The van der Waals surface area contributed by atoms with Crippen LogP contribution in [0.25, 0.3) is 12.2 Å². The third-order valence-corrected chi connectivity index (χ3v) is 7.91. The van der Waals surface area contributed by atoms with E-state index in [1.807, 2.05) is 36.4 Å². The first-order valence-electron chi connectivity index (χ1n) is 13.4. The molecule has 0 bridgehead atoms. The highest BCUT2D eigenvalue weighted by molar-refractivity contribution is 7.92. The van der Waals surface area contributed by atoms with E-state index in [0.29, 0.717) is 29.0 Å². The van der Waals surface area contributed by atoms with Crippen LogP contribution >= 0.6 is 0 Å². The van der Waals surface area contributed by atoms with Crippen molar-refractivity contribution in [3.63, 3.8) is 0 Å². The van der Waals surface area contributed by atoms with Crippen molar-refractivity contribution in [3.8, 4) is 5.75 Å². The van der Waals surface area contributed by atoms with Crippen LogP contribution in [0.2, 0.25) is 0 Å². The molecular formula is C34H31NO7S. The minimum atomic E-state index is -3.76. The fraction of sp³-hybridized carbons (Fsp3) is 0.118. The zero-order chi connectivity index (χ0) is 30.7. The van der Waals surface area contributed by atoms with Gasteiger partial charge in [-0.25, -0.2) is 18.0 Å². The number of carbonyl (C=O) groups excluding carboxylic acids is 1. The lowest BCUT2D eigenvalue weighted by Crippen LogP contribution is -2.12. The molecule has 0 spiro atoms. The SMILES string of the molecule is COC(=O)/C=C/c1ccccc1OCCC(/C=C/c1cccc(NS(=O)(=O)c2ccccc2)c1)c1ccccc1C(=O)O. The van der Waals surface area contributed by atoms with Crippen molar-refractivity contribution in [2.75, 3.05) is 18.4 Å². The lowest BCUT2D eigenvalue weighted by atomic mass is 9.90. The molecule has 43 heavy (non-hydrogen) atoms. The van der Waals surface area contributed by atoms with Crippen LogP contribution in [0.4, 0.5) is 5.69 Å². The number of sulfonamides is 1. The molecule has 0 aliphatic rings. The van der Waals surface area contributed by atoms with E-state index in [2.05, 4.69) is 9.46 Å². The molecule has 1 unspecified atom stereocenters.